The molecule has 0 bridgehead atoms. The van der Waals surface area contributed by atoms with E-state index < -0.39 is 0 Å². The van der Waals surface area contributed by atoms with Gasteiger partial charge in [0, 0.05) is 10.9 Å². The normalized spacial score (nSPS) is 15.9. The lowest BCUT2D eigenvalue weighted by molar-refractivity contribution is -0.0179. The Balaban J connectivity index is 2.13. The highest BCUT2D eigenvalue weighted by Gasteiger charge is 2.23. The molecule has 0 fully saturated rings. The lowest BCUT2D eigenvalue weighted by Crippen LogP contribution is -2.29. The zero-order valence-electron chi connectivity index (χ0n) is 11.5. The van der Waals surface area contributed by atoms with Gasteiger partial charge in [0.1, 0.15) is 6.10 Å². The minimum absolute atomic E-state index is 0.0276. The highest BCUT2D eigenvalue weighted by atomic mass is 32.1. The lowest BCUT2D eigenvalue weighted by Gasteiger charge is -2.26. The van der Waals surface area contributed by atoms with E-state index in [9.17, 15) is 0 Å². The van der Waals surface area contributed by atoms with Crippen LogP contribution in [0.1, 0.15) is 42.9 Å². The van der Waals surface area contributed by atoms with E-state index in [2.05, 4.69) is 37.4 Å². The summed E-state index contributed by atoms with van der Waals surface area (Å²) in [6.45, 7) is 4.18. The van der Waals surface area contributed by atoms with Gasteiger partial charge in [-0.1, -0.05) is 43.3 Å². The van der Waals surface area contributed by atoms with Crippen molar-refractivity contribution in [2.24, 2.45) is 5.73 Å². The highest BCUT2D eigenvalue weighted by Crippen LogP contribution is 2.31. The molecule has 19 heavy (non-hydrogen) atoms. The average Bonchev–Trinajstić information content (AvgIpc) is 2.98. The van der Waals surface area contributed by atoms with E-state index in [1.165, 1.54) is 10.4 Å². The van der Waals surface area contributed by atoms with Gasteiger partial charge in [-0.2, -0.15) is 0 Å². The zero-order valence-corrected chi connectivity index (χ0v) is 12.3. The summed E-state index contributed by atoms with van der Waals surface area (Å²) >= 11 is 1.71. The summed E-state index contributed by atoms with van der Waals surface area (Å²) in [4.78, 5) is 1.21. The van der Waals surface area contributed by atoms with Crippen molar-refractivity contribution in [1.82, 2.24) is 0 Å². The maximum atomic E-state index is 6.22. The predicted molar refractivity (Wildman–Crippen MR) is 81.3 cm³/mol. The quantitative estimate of drug-likeness (QED) is 0.853. The van der Waals surface area contributed by atoms with Gasteiger partial charge >= 0.3 is 0 Å². The van der Waals surface area contributed by atoms with Crippen molar-refractivity contribution in [2.75, 3.05) is 0 Å². The van der Waals surface area contributed by atoms with Gasteiger partial charge in [0.25, 0.3) is 0 Å². The molecule has 0 saturated heterocycles. The fraction of sp³-hybridized carbons (Fsp3) is 0.375. The summed E-state index contributed by atoms with van der Waals surface area (Å²) in [5.41, 5.74) is 7.40. The van der Waals surface area contributed by atoms with Gasteiger partial charge in [0.15, 0.2) is 0 Å². The Kier molecular flexibility index (Phi) is 5.14. The van der Waals surface area contributed by atoms with Crippen molar-refractivity contribution in [1.29, 1.82) is 0 Å². The second-order valence-corrected chi connectivity index (χ2v) is 5.68. The Bertz CT molecular complexity index is 469. The lowest BCUT2D eigenvalue weighted by atomic mass is 10.1. The standard InChI is InChI=1S/C16H21NOS/c1-3-14(17)16(15-10-7-11-19-15)18-12(2)13-8-5-4-6-9-13/h4-12,14,16H,3,17H2,1-2H3. The van der Waals surface area contributed by atoms with E-state index >= 15 is 0 Å². The Morgan fingerprint density at radius 2 is 1.89 bits per heavy atom. The summed E-state index contributed by atoms with van der Waals surface area (Å²) in [7, 11) is 0. The van der Waals surface area contributed by atoms with Crippen molar-refractivity contribution in [2.45, 2.75) is 38.5 Å². The molecule has 0 aliphatic heterocycles. The molecule has 0 saturated carbocycles. The van der Waals surface area contributed by atoms with Crippen LogP contribution in [0, 0.1) is 0 Å². The average molecular weight is 275 g/mol. The minimum Gasteiger partial charge on any atom is -0.363 e. The predicted octanol–water partition coefficient (Wildman–Crippen LogP) is 4.30. The van der Waals surface area contributed by atoms with Gasteiger partial charge in [-0.25, -0.2) is 0 Å². The Hall–Kier alpha value is -1.16. The fourth-order valence-electron chi connectivity index (χ4n) is 2.07. The van der Waals surface area contributed by atoms with Crippen molar-refractivity contribution in [3.05, 3.63) is 58.3 Å². The van der Waals surface area contributed by atoms with Crippen LogP contribution in [0.5, 0.6) is 0 Å². The third kappa shape index (κ3) is 3.66. The molecule has 2 rings (SSSR count). The number of thiophene rings is 1. The first-order chi connectivity index (χ1) is 9.22. The van der Waals surface area contributed by atoms with E-state index in [0.717, 1.165) is 6.42 Å². The molecule has 102 valence electrons. The molecule has 2 aromatic rings. The van der Waals surface area contributed by atoms with Crippen molar-refractivity contribution in [3.63, 3.8) is 0 Å². The van der Waals surface area contributed by atoms with Crippen LogP contribution in [-0.2, 0) is 4.74 Å². The maximum absolute atomic E-state index is 6.22. The summed E-state index contributed by atoms with van der Waals surface area (Å²) < 4.78 is 6.22. The number of hydrogen-bond donors (Lipinski definition) is 1. The van der Waals surface area contributed by atoms with Crippen molar-refractivity contribution < 1.29 is 4.74 Å². The maximum Gasteiger partial charge on any atom is 0.107 e. The van der Waals surface area contributed by atoms with Gasteiger partial charge < -0.3 is 10.5 Å². The molecule has 0 radical (unpaired) electrons. The minimum atomic E-state index is -0.0276. The van der Waals surface area contributed by atoms with Gasteiger partial charge in [-0.15, -0.1) is 11.3 Å². The van der Waals surface area contributed by atoms with E-state index in [1.807, 2.05) is 24.3 Å². The van der Waals surface area contributed by atoms with Crippen LogP contribution in [-0.4, -0.2) is 6.04 Å². The van der Waals surface area contributed by atoms with Gasteiger partial charge in [-0.05, 0) is 30.4 Å². The molecular formula is C16H21NOS. The largest absolute Gasteiger partial charge is 0.363 e. The monoisotopic (exact) mass is 275 g/mol. The van der Waals surface area contributed by atoms with E-state index in [4.69, 9.17) is 10.5 Å². The van der Waals surface area contributed by atoms with Gasteiger partial charge in [-0.3, -0.25) is 0 Å². The van der Waals surface area contributed by atoms with Crippen molar-refractivity contribution >= 4 is 11.3 Å². The van der Waals surface area contributed by atoms with Crippen LogP contribution in [0.3, 0.4) is 0 Å². The summed E-state index contributed by atoms with van der Waals surface area (Å²) in [6.07, 6.45) is 0.926. The number of hydrogen-bond acceptors (Lipinski definition) is 3. The molecule has 1 heterocycles. The molecule has 1 aromatic heterocycles. The molecular weight excluding hydrogens is 254 g/mol. The van der Waals surface area contributed by atoms with Crippen LogP contribution in [0.25, 0.3) is 0 Å². The van der Waals surface area contributed by atoms with Crippen LogP contribution in [0.15, 0.2) is 47.8 Å². The first-order valence-electron chi connectivity index (χ1n) is 6.71. The topological polar surface area (TPSA) is 35.2 Å². The van der Waals surface area contributed by atoms with Crippen LogP contribution < -0.4 is 5.73 Å². The Morgan fingerprint density at radius 3 is 2.47 bits per heavy atom. The highest BCUT2D eigenvalue weighted by molar-refractivity contribution is 7.10. The third-order valence-corrected chi connectivity index (χ3v) is 4.24. The van der Waals surface area contributed by atoms with Gasteiger partial charge in [0.2, 0.25) is 0 Å². The number of rotatable bonds is 6. The van der Waals surface area contributed by atoms with E-state index in [0.29, 0.717) is 0 Å². The molecule has 0 amide bonds. The van der Waals surface area contributed by atoms with Gasteiger partial charge in [0.05, 0.1) is 6.10 Å². The first kappa shape index (κ1) is 14.3. The van der Waals surface area contributed by atoms with E-state index in [-0.39, 0.29) is 18.2 Å². The number of benzene rings is 1. The SMILES string of the molecule is CCC(N)C(OC(C)c1ccccc1)c1cccs1. The summed E-state index contributed by atoms with van der Waals surface area (Å²) in [5.74, 6) is 0. The second-order valence-electron chi connectivity index (χ2n) is 4.70. The zero-order chi connectivity index (χ0) is 13.7. The second kappa shape index (κ2) is 6.85. The fourth-order valence-corrected chi connectivity index (χ4v) is 2.90. The van der Waals surface area contributed by atoms with Crippen molar-refractivity contribution in [3.8, 4) is 0 Å². The smallest absolute Gasteiger partial charge is 0.107 e. The van der Waals surface area contributed by atoms with Crippen LogP contribution >= 0.6 is 11.3 Å². The molecule has 0 spiro atoms. The molecule has 2 N–H and O–H groups in total. The molecule has 0 aliphatic carbocycles. The number of ether oxygens (including phenoxy) is 1. The molecule has 2 nitrogen and oxygen atoms in total. The first-order valence-corrected chi connectivity index (χ1v) is 7.59. The molecule has 3 atom stereocenters. The molecule has 3 unspecified atom stereocenters. The molecule has 0 aliphatic rings. The Labute approximate surface area is 119 Å². The van der Waals surface area contributed by atoms with Crippen LogP contribution in [0.4, 0.5) is 0 Å². The van der Waals surface area contributed by atoms with Crippen LogP contribution in [0.2, 0.25) is 0 Å². The van der Waals surface area contributed by atoms with E-state index in [1.54, 1.807) is 11.3 Å². The summed E-state index contributed by atoms with van der Waals surface area (Å²) in [6, 6.07) is 14.5. The summed E-state index contributed by atoms with van der Waals surface area (Å²) in [5, 5.41) is 2.07. The number of nitrogens with two attached hydrogens (primary N) is 1. The Morgan fingerprint density at radius 1 is 1.16 bits per heavy atom. The molecule has 3 heteroatoms. The molecule has 1 aromatic carbocycles. The third-order valence-electron chi connectivity index (χ3n) is 3.30.